The second kappa shape index (κ2) is 8.10. The average Bonchev–Trinajstić information content (AvgIpc) is 3.22. The Kier molecular flexibility index (Phi) is 5.96. The van der Waals surface area contributed by atoms with Gasteiger partial charge in [0.15, 0.2) is 17.4 Å². The predicted molar refractivity (Wildman–Crippen MR) is 116 cm³/mol. The summed E-state index contributed by atoms with van der Waals surface area (Å²) >= 11 is 0. The van der Waals surface area contributed by atoms with Gasteiger partial charge in [-0.05, 0) is 32.9 Å². The first-order chi connectivity index (χ1) is 12.9. The molecular formula is C18H26IN7O2. The van der Waals surface area contributed by atoms with Gasteiger partial charge in [-0.1, -0.05) is 6.07 Å². The molecule has 1 fully saturated rings. The van der Waals surface area contributed by atoms with Gasteiger partial charge in [-0.2, -0.15) is 0 Å². The van der Waals surface area contributed by atoms with Gasteiger partial charge in [0.1, 0.15) is 5.60 Å². The zero-order chi connectivity index (χ0) is 19.0. The molecule has 0 spiro atoms. The van der Waals surface area contributed by atoms with Crippen LogP contribution in [0.25, 0.3) is 5.65 Å². The molecule has 10 heteroatoms. The molecule has 9 nitrogen and oxygen atoms in total. The lowest BCUT2D eigenvalue weighted by Crippen LogP contribution is -2.57. The van der Waals surface area contributed by atoms with Gasteiger partial charge in [0.2, 0.25) is 0 Å². The molecule has 2 aromatic rings. The first kappa shape index (κ1) is 20.6. The van der Waals surface area contributed by atoms with Gasteiger partial charge in [0.05, 0.1) is 19.1 Å². The van der Waals surface area contributed by atoms with Crippen LogP contribution in [0, 0.1) is 0 Å². The van der Waals surface area contributed by atoms with Crippen LogP contribution >= 0.6 is 24.0 Å². The summed E-state index contributed by atoms with van der Waals surface area (Å²) in [5.41, 5.74) is 0.347. The Bertz CT molecular complexity index is 876. The number of carbonyl (C=O) groups is 1. The van der Waals surface area contributed by atoms with Gasteiger partial charge in [0, 0.05) is 25.8 Å². The minimum absolute atomic E-state index is 0. The molecule has 0 aliphatic carbocycles. The van der Waals surface area contributed by atoms with E-state index in [1.54, 1.807) is 4.90 Å². The molecule has 1 N–H and O–H groups in total. The SMILES string of the molecule is CC(C)(C)OC(=O)N1CCN2C(NCc3nnc4ccccn34)=NCC2C1.I. The predicted octanol–water partition coefficient (Wildman–Crippen LogP) is 1.73. The number of nitrogens with zero attached hydrogens (tertiary/aromatic N) is 6. The van der Waals surface area contributed by atoms with E-state index in [2.05, 4.69) is 25.4 Å². The molecule has 0 aromatic carbocycles. The molecule has 2 aliphatic heterocycles. The number of amides is 1. The number of rotatable bonds is 2. The molecule has 1 unspecified atom stereocenters. The molecule has 2 aromatic heterocycles. The number of guanidine groups is 1. The maximum atomic E-state index is 12.3. The number of ether oxygens (including phenoxy) is 1. The van der Waals surface area contributed by atoms with Crippen molar-refractivity contribution in [1.82, 2.24) is 29.7 Å². The maximum Gasteiger partial charge on any atom is 0.410 e. The van der Waals surface area contributed by atoms with Gasteiger partial charge in [-0.3, -0.25) is 9.39 Å². The number of nitrogens with one attached hydrogen (secondary N) is 1. The molecule has 1 amide bonds. The standard InChI is InChI=1S/C18H25N7O2.HI/c1-18(2,3)27-17(26)23-8-9-24-13(12-23)10-19-16(24)20-11-15-22-21-14-6-4-5-7-25(14)15;/h4-7,13H,8-12H2,1-3H3,(H,19,20);1H. The second-order valence-corrected chi connectivity index (χ2v) is 7.84. The maximum absolute atomic E-state index is 12.3. The van der Waals surface area contributed by atoms with Crippen molar-refractivity contribution in [1.29, 1.82) is 0 Å². The summed E-state index contributed by atoms with van der Waals surface area (Å²) in [6.45, 7) is 8.85. The normalized spacial score (nSPS) is 19.1. The van der Waals surface area contributed by atoms with Crippen LogP contribution in [0.3, 0.4) is 0 Å². The number of hydrogen-bond acceptors (Lipinski definition) is 7. The van der Waals surface area contributed by atoms with E-state index in [1.807, 2.05) is 49.6 Å². The lowest BCUT2D eigenvalue weighted by atomic mass is 10.2. The molecule has 4 rings (SSSR count). The van der Waals surface area contributed by atoms with Gasteiger partial charge < -0.3 is 19.9 Å². The molecule has 0 bridgehead atoms. The number of fused-ring (bicyclic) bond motifs is 2. The van der Waals surface area contributed by atoms with Crippen molar-refractivity contribution in [2.45, 2.75) is 39.0 Å². The third kappa shape index (κ3) is 4.31. The van der Waals surface area contributed by atoms with E-state index in [1.165, 1.54) is 0 Å². The zero-order valence-corrected chi connectivity index (χ0v) is 18.7. The van der Waals surface area contributed by atoms with Gasteiger partial charge >= 0.3 is 6.09 Å². The Hall–Kier alpha value is -2.11. The number of aliphatic imine (C=N–C) groups is 1. The van der Waals surface area contributed by atoms with E-state index in [0.29, 0.717) is 26.2 Å². The van der Waals surface area contributed by atoms with E-state index in [-0.39, 0.29) is 36.1 Å². The van der Waals surface area contributed by atoms with Crippen LogP contribution in [0.2, 0.25) is 0 Å². The zero-order valence-electron chi connectivity index (χ0n) is 16.3. The van der Waals surface area contributed by atoms with Crippen LogP contribution in [0.15, 0.2) is 29.4 Å². The van der Waals surface area contributed by atoms with E-state index >= 15 is 0 Å². The summed E-state index contributed by atoms with van der Waals surface area (Å²) < 4.78 is 7.45. The molecule has 28 heavy (non-hydrogen) atoms. The highest BCUT2D eigenvalue weighted by atomic mass is 127. The fourth-order valence-corrected chi connectivity index (χ4v) is 3.39. The van der Waals surface area contributed by atoms with Crippen LogP contribution in [0.4, 0.5) is 4.79 Å². The molecular weight excluding hydrogens is 473 g/mol. The Balaban J connectivity index is 0.00000225. The van der Waals surface area contributed by atoms with Crippen molar-refractivity contribution in [3.8, 4) is 0 Å². The van der Waals surface area contributed by atoms with Crippen molar-refractivity contribution in [3.05, 3.63) is 30.2 Å². The summed E-state index contributed by atoms with van der Waals surface area (Å²) in [6, 6.07) is 6.01. The molecule has 0 radical (unpaired) electrons. The summed E-state index contributed by atoms with van der Waals surface area (Å²) in [4.78, 5) is 20.9. The van der Waals surface area contributed by atoms with E-state index < -0.39 is 5.60 Å². The molecule has 0 saturated carbocycles. The van der Waals surface area contributed by atoms with E-state index in [4.69, 9.17) is 4.74 Å². The lowest BCUT2D eigenvalue weighted by molar-refractivity contribution is 0.0137. The monoisotopic (exact) mass is 499 g/mol. The third-order valence-corrected chi connectivity index (χ3v) is 4.65. The highest BCUT2D eigenvalue weighted by Gasteiger charge is 2.36. The van der Waals surface area contributed by atoms with Crippen molar-refractivity contribution >= 4 is 41.7 Å². The minimum Gasteiger partial charge on any atom is -0.444 e. The molecule has 1 saturated heterocycles. The van der Waals surface area contributed by atoms with Crippen LogP contribution in [-0.2, 0) is 11.3 Å². The lowest BCUT2D eigenvalue weighted by Gasteiger charge is -2.39. The highest BCUT2D eigenvalue weighted by Crippen LogP contribution is 2.18. The summed E-state index contributed by atoms with van der Waals surface area (Å²) in [6.07, 6.45) is 1.70. The first-order valence-electron chi connectivity index (χ1n) is 9.22. The quantitative estimate of drug-likeness (QED) is 0.634. The second-order valence-electron chi connectivity index (χ2n) is 7.84. The fraction of sp³-hybridized carbons (Fsp3) is 0.556. The summed E-state index contributed by atoms with van der Waals surface area (Å²) in [5.74, 6) is 1.70. The highest BCUT2D eigenvalue weighted by molar-refractivity contribution is 14.0. The summed E-state index contributed by atoms with van der Waals surface area (Å²) in [7, 11) is 0. The summed E-state index contributed by atoms with van der Waals surface area (Å²) in [5, 5.41) is 11.8. The number of hydrogen-bond donors (Lipinski definition) is 1. The molecule has 1 atom stereocenters. The molecule has 152 valence electrons. The smallest absolute Gasteiger partial charge is 0.410 e. The number of aromatic nitrogens is 3. The third-order valence-electron chi connectivity index (χ3n) is 4.65. The Morgan fingerprint density at radius 3 is 2.89 bits per heavy atom. The molecule has 4 heterocycles. The number of piperazine rings is 1. The average molecular weight is 499 g/mol. The van der Waals surface area contributed by atoms with Gasteiger partial charge in [0.25, 0.3) is 0 Å². The topological polar surface area (TPSA) is 87.4 Å². The fourth-order valence-electron chi connectivity index (χ4n) is 3.39. The van der Waals surface area contributed by atoms with Crippen LogP contribution in [0.5, 0.6) is 0 Å². The van der Waals surface area contributed by atoms with Crippen LogP contribution in [0.1, 0.15) is 26.6 Å². The number of halogens is 1. The van der Waals surface area contributed by atoms with Gasteiger partial charge in [-0.15, -0.1) is 34.2 Å². The van der Waals surface area contributed by atoms with Crippen molar-refractivity contribution < 1.29 is 9.53 Å². The number of carbonyl (C=O) groups excluding carboxylic acids is 1. The Morgan fingerprint density at radius 1 is 1.29 bits per heavy atom. The Morgan fingerprint density at radius 2 is 2.11 bits per heavy atom. The molecule has 2 aliphatic rings. The van der Waals surface area contributed by atoms with E-state index in [9.17, 15) is 4.79 Å². The first-order valence-corrected chi connectivity index (χ1v) is 9.22. The van der Waals surface area contributed by atoms with Crippen molar-refractivity contribution in [3.63, 3.8) is 0 Å². The van der Waals surface area contributed by atoms with Crippen LogP contribution in [-0.4, -0.2) is 74.3 Å². The van der Waals surface area contributed by atoms with Crippen molar-refractivity contribution in [2.24, 2.45) is 4.99 Å². The Labute approximate surface area is 181 Å². The van der Waals surface area contributed by atoms with E-state index in [0.717, 1.165) is 24.0 Å². The van der Waals surface area contributed by atoms with Crippen LogP contribution < -0.4 is 5.32 Å². The number of pyridine rings is 1. The van der Waals surface area contributed by atoms with Crippen molar-refractivity contribution in [2.75, 3.05) is 26.2 Å². The largest absolute Gasteiger partial charge is 0.444 e. The van der Waals surface area contributed by atoms with Gasteiger partial charge in [-0.25, -0.2) is 4.79 Å². The minimum atomic E-state index is -0.478.